The lowest BCUT2D eigenvalue weighted by Crippen LogP contribution is -2.52. The molecular formula is C15H21ClN2O4. The predicted octanol–water partition coefficient (Wildman–Crippen LogP) is 2.10. The van der Waals surface area contributed by atoms with Gasteiger partial charge in [-0.3, -0.25) is 4.79 Å². The van der Waals surface area contributed by atoms with Crippen LogP contribution in [0.3, 0.4) is 0 Å². The highest BCUT2D eigenvalue weighted by Crippen LogP contribution is 2.41. The van der Waals surface area contributed by atoms with Crippen LogP contribution in [0, 0.1) is 0 Å². The molecule has 0 bridgehead atoms. The molecule has 122 valence electrons. The van der Waals surface area contributed by atoms with Crippen LogP contribution in [0.2, 0.25) is 0 Å². The standard InChI is InChI=1S/C15H21ClN2O4/c1-2-11-8-12(22-17-11)10-18(14(19)9-16)13-4-3-5-15(13)20-6-7-21-15/h8,13H,2-7,9-10H2,1H3. The number of halogens is 1. The van der Waals surface area contributed by atoms with E-state index >= 15 is 0 Å². The van der Waals surface area contributed by atoms with Crippen molar-refractivity contribution in [2.75, 3.05) is 19.1 Å². The normalized spacial score (nSPS) is 23.3. The molecule has 6 nitrogen and oxygen atoms in total. The molecule has 1 unspecified atom stereocenters. The molecule has 22 heavy (non-hydrogen) atoms. The fourth-order valence-electron chi connectivity index (χ4n) is 3.34. The van der Waals surface area contributed by atoms with Crippen molar-refractivity contribution in [3.05, 3.63) is 17.5 Å². The van der Waals surface area contributed by atoms with Gasteiger partial charge in [0.05, 0.1) is 31.5 Å². The molecule has 1 aliphatic carbocycles. The monoisotopic (exact) mass is 328 g/mol. The van der Waals surface area contributed by atoms with Gasteiger partial charge in [-0.1, -0.05) is 12.1 Å². The fourth-order valence-corrected chi connectivity index (χ4v) is 3.50. The SMILES string of the molecule is CCc1cc(CN(C(=O)CCl)C2CCCC23OCCO3)on1. The van der Waals surface area contributed by atoms with Crippen LogP contribution in [0.5, 0.6) is 0 Å². The molecule has 1 aromatic rings. The van der Waals surface area contributed by atoms with Gasteiger partial charge in [0.2, 0.25) is 5.91 Å². The van der Waals surface area contributed by atoms with Gasteiger partial charge >= 0.3 is 0 Å². The number of amides is 1. The predicted molar refractivity (Wildman–Crippen MR) is 79.4 cm³/mol. The molecule has 2 fully saturated rings. The number of carbonyl (C=O) groups is 1. The highest BCUT2D eigenvalue weighted by atomic mass is 35.5. The molecule has 1 aromatic heterocycles. The van der Waals surface area contributed by atoms with E-state index in [9.17, 15) is 4.79 Å². The zero-order valence-electron chi connectivity index (χ0n) is 12.7. The minimum Gasteiger partial charge on any atom is -0.359 e. The van der Waals surface area contributed by atoms with E-state index in [1.807, 2.05) is 13.0 Å². The first-order valence-electron chi connectivity index (χ1n) is 7.76. The average Bonchev–Trinajstić information content (AvgIpc) is 3.27. The lowest BCUT2D eigenvalue weighted by Gasteiger charge is -2.37. The number of carbonyl (C=O) groups excluding carboxylic acids is 1. The second-order valence-electron chi connectivity index (χ2n) is 5.71. The van der Waals surface area contributed by atoms with Crippen molar-refractivity contribution in [2.45, 2.75) is 51.0 Å². The molecule has 1 atom stereocenters. The third-order valence-corrected chi connectivity index (χ3v) is 4.62. The minimum atomic E-state index is -0.671. The number of hydrogen-bond donors (Lipinski definition) is 0. The lowest BCUT2D eigenvalue weighted by molar-refractivity contribution is -0.193. The maximum atomic E-state index is 12.3. The molecule has 1 saturated carbocycles. The molecule has 3 rings (SSSR count). The number of aryl methyl sites for hydroxylation is 1. The Kier molecular flexibility index (Phi) is 4.70. The van der Waals surface area contributed by atoms with E-state index in [0.717, 1.165) is 31.4 Å². The molecule has 7 heteroatoms. The van der Waals surface area contributed by atoms with Gasteiger partial charge in [0.25, 0.3) is 0 Å². The van der Waals surface area contributed by atoms with Crippen LogP contribution in [0.4, 0.5) is 0 Å². The molecule has 2 aliphatic rings. The van der Waals surface area contributed by atoms with Gasteiger partial charge in [-0.25, -0.2) is 0 Å². The third kappa shape index (κ3) is 2.87. The quantitative estimate of drug-likeness (QED) is 0.774. The Hall–Kier alpha value is -1.11. The van der Waals surface area contributed by atoms with E-state index in [1.165, 1.54) is 0 Å². The van der Waals surface area contributed by atoms with Crippen LogP contribution in [0.25, 0.3) is 0 Å². The Morgan fingerprint density at radius 3 is 2.91 bits per heavy atom. The van der Waals surface area contributed by atoms with Gasteiger partial charge in [-0.15, -0.1) is 11.6 Å². The average molecular weight is 329 g/mol. The Bertz CT molecular complexity index is 522. The molecular weight excluding hydrogens is 308 g/mol. The second kappa shape index (κ2) is 6.56. The first-order valence-corrected chi connectivity index (χ1v) is 8.30. The van der Waals surface area contributed by atoms with Crippen molar-refractivity contribution in [2.24, 2.45) is 0 Å². The highest BCUT2D eigenvalue weighted by Gasteiger charge is 2.51. The summed E-state index contributed by atoms with van der Waals surface area (Å²) in [7, 11) is 0. The van der Waals surface area contributed by atoms with E-state index < -0.39 is 5.79 Å². The fraction of sp³-hybridized carbons (Fsp3) is 0.733. The molecule has 2 heterocycles. The molecule has 1 saturated heterocycles. The summed E-state index contributed by atoms with van der Waals surface area (Å²) in [6.07, 6.45) is 3.41. The molecule has 0 N–H and O–H groups in total. The third-order valence-electron chi connectivity index (χ3n) is 4.39. The molecule has 1 spiro atoms. The van der Waals surface area contributed by atoms with Gasteiger partial charge in [0.15, 0.2) is 11.5 Å². The van der Waals surface area contributed by atoms with Crippen LogP contribution in [-0.2, 0) is 27.2 Å². The molecule has 1 amide bonds. The summed E-state index contributed by atoms with van der Waals surface area (Å²) in [6.45, 7) is 3.50. The van der Waals surface area contributed by atoms with Gasteiger partial charge in [0.1, 0.15) is 5.88 Å². The number of nitrogens with zero attached hydrogens (tertiary/aromatic N) is 2. The topological polar surface area (TPSA) is 64.8 Å². The molecule has 0 radical (unpaired) electrons. The Balaban J connectivity index is 1.81. The Labute approximate surface area is 134 Å². The Morgan fingerprint density at radius 2 is 2.27 bits per heavy atom. The summed E-state index contributed by atoms with van der Waals surface area (Å²) in [4.78, 5) is 14.1. The van der Waals surface area contributed by atoms with E-state index in [0.29, 0.717) is 25.5 Å². The summed E-state index contributed by atoms with van der Waals surface area (Å²) in [5, 5.41) is 3.98. The van der Waals surface area contributed by atoms with Gasteiger partial charge in [-0.2, -0.15) is 0 Å². The summed E-state index contributed by atoms with van der Waals surface area (Å²) < 4.78 is 17.0. The van der Waals surface area contributed by atoms with Crippen LogP contribution in [0.15, 0.2) is 10.6 Å². The number of alkyl halides is 1. The van der Waals surface area contributed by atoms with Crippen molar-refractivity contribution in [3.8, 4) is 0 Å². The Morgan fingerprint density at radius 1 is 1.50 bits per heavy atom. The van der Waals surface area contributed by atoms with Gasteiger partial charge in [-0.05, 0) is 19.3 Å². The first kappa shape index (κ1) is 15.8. The van der Waals surface area contributed by atoms with Crippen molar-refractivity contribution >= 4 is 17.5 Å². The van der Waals surface area contributed by atoms with Gasteiger partial charge < -0.3 is 18.9 Å². The molecule has 0 aromatic carbocycles. The van der Waals surface area contributed by atoms with Crippen molar-refractivity contribution < 1.29 is 18.8 Å². The maximum absolute atomic E-state index is 12.3. The maximum Gasteiger partial charge on any atom is 0.238 e. The van der Waals surface area contributed by atoms with Gasteiger partial charge in [0, 0.05) is 12.5 Å². The summed E-state index contributed by atoms with van der Waals surface area (Å²) in [5.74, 6) is -0.215. The van der Waals surface area contributed by atoms with Crippen molar-refractivity contribution in [1.29, 1.82) is 0 Å². The van der Waals surface area contributed by atoms with Crippen LogP contribution in [0.1, 0.15) is 37.6 Å². The van der Waals surface area contributed by atoms with Crippen molar-refractivity contribution in [3.63, 3.8) is 0 Å². The zero-order valence-corrected chi connectivity index (χ0v) is 13.5. The number of hydrogen-bond acceptors (Lipinski definition) is 5. The number of rotatable bonds is 5. The lowest BCUT2D eigenvalue weighted by atomic mass is 10.1. The summed E-state index contributed by atoms with van der Waals surface area (Å²) in [5.41, 5.74) is 0.878. The van der Waals surface area contributed by atoms with Crippen LogP contribution in [-0.4, -0.2) is 46.9 Å². The van der Waals surface area contributed by atoms with E-state index in [1.54, 1.807) is 4.90 Å². The number of aromatic nitrogens is 1. The molecule has 1 aliphatic heterocycles. The van der Waals surface area contributed by atoms with Crippen LogP contribution < -0.4 is 0 Å². The second-order valence-corrected chi connectivity index (χ2v) is 5.98. The minimum absolute atomic E-state index is 0.0681. The smallest absolute Gasteiger partial charge is 0.238 e. The van der Waals surface area contributed by atoms with Crippen molar-refractivity contribution in [1.82, 2.24) is 10.1 Å². The van der Waals surface area contributed by atoms with E-state index in [4.69, 9.17) is 25.6 Å². The van der Waals surface area contributed by atoms with E-state index in [-0.39, 0.29) is 17.8 Å². The largest absolute Gasteiger partial charge is 0.359 e. The highest BCUT2D eigenvalue weighted by molar-refractivity contribution is 6.27. The summed E-state index contributed by atoms with van der Waals surface area (Å²) in [6, 6.07) is 1.75. The van der Waals surface area contributed by atoms with E-state index in [2.05, 4.69) is 5.16 Å². The zero-order chi connectivity index (χ0) is 15.6. The number of ether oxygens (including phenoxy) is 2. The first-order chi connectivity index (χ1) is 10.7. The van der Waals surface area contributed by atoms with Crippen LogP contribution >= 0.6 is 11.6 Å². The summed E-state index contributed by atoms with van der Waals surface area (Å²) >= 11 is 5.80.